The van der Waals surface area contributed by atoms with Crippen LogP contribution in [0, 0.1) is 0 Å². The van der Waals surface area contributed by atoms with Gasteiger partial charge in [-0.3, -0.25) is 4.79 Å². The number of carbonyl (C=O) groups is 1. The Bertz CT molecular complexity index is 1000. The van der Waals surface area contributed by atoms with Gasteiger partial charge in [-0.25, -0.2) is 9.97 Å². The van der Waals surface area contributed by atoms with E-state index in [2.05, 4.69) is 15.3 Å². The van der Waals surface area contributed by atoms with Crippen molar-refractivity contribution in [2.75, 3.05) is 32.6 Å². The highest BCUT2D eigenvalue weighted by Crippen LogP contribution is 2.31. The highest BCUT2D eigenvalue weighted by Gasteiger charge is 2.30. The Morgan fingerprint density at radius 2 is 1.77 bits per heavy atom. The average molecular weight is 404 g/mol. The summed E-state index contributed by atoms with van der Waals surface area (Å²) in [5.41, 5.74) is 2.35. The van der Waals surface area contributed by atoms with Crippen molar-refractivity contribution in [2.24, 2.45) is 0 Å². The molecule has 7 heteroatoms. The zero-order valence-electron chi connectivity index (χ0n) is 17.0. The minimum atomic E-state index is -0.104. The lowest BCUT2D eigenvalue weighted by Gasteiger charge is -2.20. The largest absolute Gasteiger partial charge is 0.496 e. The smallest absolute Gasteiger partial charge is 0.261 e. The minimum absolute atomic E-state index is 0.0701. The van der Waals surface area contributed by atoms with Crippen LogP contribution in [0.4, 0.5) is 5.95 Å². The molecule has 30 heavy (non-hydrogen) atoms. The quantitative estimate of drug-likeness (QED) is 0.678. The van der Waals surface area contributed by atoms with Gasteiger partial charge in [0.1, 0.15) is 17.1 Å². The van der Waals surface area contributed by atoms with Gasteiger partial charge in [0.25, 0.3) is 5.91 Å². The lowest BCUT2D eigenvalue weighted by atomic mass is 10.1. The monoisotopic (exact) mass is 404 g/mol. The van der Waals surface area contributed by atoms with Gasteiger partial charge in [-0.1, -0.05) is 36.4 Å². The molecule has 0 aliphatic carbocycles. The molecule has 0 saturated carbocycles. The zero-order chi connectivity index (χ0) is 20.9. The van der Waals surface area contributed by atoms with Crippen molar-refractivity contribution in [3.05, 3.63) is 66.4 Å². The van der Waals surface area contributed by atoms with Gasteiger partial charge in [0.05, 0.1) is 19.9 Å². The fourth-order valence-electron chi connectivity index (χ4n) is 3.66. The van der Waals surface area contributed by atoms with Crippen molar-refractivity contribution in [1.82, 2.24) is 14.9 Å². The lowest BCUT2D eigenvalue weighted by molar-refractivity contribution is 0.0784. The Morgan fingerprint density at radius 1 is 1.03 bits per heavy atom. The number of hydrogen-bond acceptors (Lipinski definition) is 6. The summed E-state index contributed by atoms with van der Waals surface area (Å²) in [6.07, 6.45) is 2.55. The van der Waals surface area contributed by atoms with Gasteiger partial charge in [0.15, 0.2) is 0 Å². The first-order valence-electron chi connectivity index (χ1n) is 9.85. The summed E-state index contributed by atoms with van der Waals surface area (Å²) in [4.78, 5) is 23.9. The van der Waals surface area contributed by atoms with E-state index in [9.17, 15) is 4.79 Å². The van der Waals surface area contributed by atoms with Crippen LogP contribution in [0.25, 0.3) is 11.3 Å². The molecule has 7 nitrogen and oxygen atoms in total. The van der Waals surface area contributed by atoms with Crippen molar-refractivity contribution in [3.8, 4) is 22.8 Å². The molecular formula is C23H24N4O3. The van der Waals surface area contributed by atoms with Crippen LogP contribution in [0.3, 0.4) is 0 Å². The molecular weight excluding hydrogens is 380 g/mol. The molecule has 1 atom stereocenters. The van der Waals surface area contributed by atoms with Gasteiger partial charge in [0.2, 0.25) is 5.95 Å². The van der Waals surface area contributed by atoms with Crippen molar-refractivity contribution in [3.63, 3.8) is 0 Å². The van der Waals surface area contributed by atoms with E-state index in [0.717, 1.165) is 17.7 Å². The molecule has 2 aromatic carbocycles. The molecule has 1 amide bonds. The number of hydrogen-bond donors (Lipinski definition) is 1. The molecule has 1 aromatic heterocycles. The second-order valence-electron chi connectivity index (χ2n) is 7.05. The van der Waals surface area contributed by atoms with E-state index in [1.54, 1.807) is 43.5 Å². The van der Waals surface area contributed by atoms with Crippen LogP contribution in [-0.2, 0) is 0 Å². The summed E-state index contributed by atoms with van der Waals surface area (Å²) >= 11 is 0. The molecule has 1 N–H and O–H groups in total. The van der Waals surface area contributed by atoms with E-state index in [1.807, 2.05) is 36.4 Å². The summed E-state index contributed by atoms with van der Waals surface area (Å²) in [5.74, 6) is 1.47. The number of likely N-dealkylation sites (tertiary alicyclic amines) is 1. The summed E-state index contributed by atoms with van der Waals surface area (Å²) in [7, 11) is 3.11. The number of carbonyl (C=O) groups excluding carboxylic acids is 1. The number of aromatic nitrogens is 2. The normalized spacial score (nSPS) is 15.7. The molecule has 1 fully saturated rings. The van der Waals surface area contributed by atoms with Gasteiger partial charge >= 0.3 is 0 Å². The van der Waals surface area contributed by atoms with E-state index in [-0.39, 0.29) is 11.9 Å². The van der Waals surface area contributed by atoms with Crippen LogP contribution in [-0.4, -0.2) is 54.1 Å². The lowest BCUT2D eigenvalue weighted by Crippen LogP contribution is -2.32. The molecule has 1 aliphatic rings. The number of ether oxygens (including phenoxy) is 2. The third kappa shape index (κ3) is 4.05. The molecule has 0 bridgehead atoms. The first-order chi connectivity index (χ1) is 14.7. The fraction of sp³-hybridized carbons (Fsp3) is 0.261. The number of nitrogens with zero attached hydrogens (tertiary/aromatic N) is 3. The fourth-order valence-corrected chi connectivity index (χ4v) is 3.66. The molecule has 0 radical (unpaired) electrons. The third-order valence-corrected chi connectivity index (χ3v) is 5.18. The SMILES string of the molecule is COc1cccc(OC)c1C(=O)N1CCC(Nc2nccc(-c3ccccc3)n2)C1. The van der Waals surface area contributed by atoms with Crippen LogP contribution < -0.4 is 14.8 Å². The van der Waals surface area contributed by atoms with Crippen molar-refractivity contribution >= 4 is 11.9 Å². The second-order valence-corrected chi connectivity index (χ2v) is 7.05. The number of benzene rings is 2. The predicted molar refractivity (Wildman–Crippen MR) is 115 cm³/mol. The second kappa shape index (κ2) is 8.82. The molecule has 0 spiro atoms. The van der Waals surface area contributed by atoms with Crippen molar-refractivity contribution in [2.45, 2.75) is 12.5 Å². The highest BCUT2D eigenvalue weighted by atomic mass is 16.5. The van der Waals surface area contributed by atoms with E-state index in [4.69, 9.17) is 9.47 Å². The number of anilines is 1. The predicted octanol–water partition coefficient (Wildman–Crippen LogP) is 3.49. The summed E-state index contributed by atoms with van der Waals surface area (Å²) in [5, 5.41) is 3.37. The Balaban J connectivity index is 1.47. The van der Waals surface area contributed by atoms with Gasteiger partial charge in [0, 0.05) is 30.9 Å². The van der Waals surface area contributed by atoms with E-state index < -0.39 is 0 Å². The number of nitrogens with one attached hydrogen (secondary N) is 1. The third-order valence-electron chi connectivity index (χ3n) is 5.18. The summed E-state index contributed by atoms with van der Waals surface area (Å²) in [6, 6.07) is 17.3. The topological polar surface area (TPSA) is 76.6 Å². The Hall–Kier alpha value is -3.61. The van der Waals surface area contributed by atoms with Crippen LogP contribution >= 0.6 is 0 Å². The molecule has 1 aliphatic heterocycles. The van der Waals surface area contributed by atoms with Crippen LogP contribution in [0.15, 0.2) is 60.8 Å². The molecule has 1 unspecified atom stereocenters. The maximum Gasteiger partial charge on any atom is 0.261 e. The van der Waals surface area contributed by atoms with E-state index in [1.165, 1.54) is 0 Å². The maximum atomic E-state index is 13.2. The number of methoxy groups -OCH3 is 2. The van der Waals surface area contributed by atoms with E-state index >= 15 is 0 Å². The molecule has 1 saturated heterocycles. The number of rotatable bonds is 6. The van der Waals surface area contributed by atoms with Gasteiger partial charge in [-0.15, -0.1) is 0 Å². The van der Waals surface area contributed by atoms with Crippen LogP contribution in [0.5, 0.6) is 11.5 Å². The van der Waals surface area contributed by atoms with Gasteiger partial charge < -0.3 is 19.7 Å². The average Bonchev–Trinajstić information content (AvgIpc) is 3.27. The van der Waals surface area contributed by atoms with Crippen molar-refractivity contribution < 1.29 is 14.3 Å². The highest BCUT2D eigenvalue weighted by molar-refractivity contribution is 6.00. The van der Waals surface area contributed by atoms with Gasteiger partial charge in [-0.05, 0) is 24.6 Å². The van der Waals surface area contributed by atoms with E-state index in [0.29, 0.717) is 36.1 Å². The molecule has 2 heterocycles. The minimum Gasteiger partial charge on any atom is -0.496 e. The Labute approximate surface area is 175 Å². The molecule has 3 aromatic rings. The molecule has 154 valence electrons. The summed E-state index contributed by atoms with van der Waals surface area (Å²) < 4.78 is 10.8. The Kier molecular flexibility index (Phi) is 5.79. The first kappa shape index (κ1) is 19.7. The van der Waals surface area contributed by atoms with Gasteiger partial charge in [-0.2, -0.15) is 0 Å². The van der Waals surface area contributed by atoms with Crippen LogP contribution in [0.1, 0.15) is 16.8 Å². The maximum absolute atomic E-state index is 13.2. The first-order valence-corrected chi connectivity index (χ1v) is 9.85. The summed E-state index contributed by atoms with van der Waals surface area (Å²) in [6.45, 7) is 1.19. The van der Waals surface area contributed by atoms with Crippen molar-refractivity contribution in [1.29, 1.82) is 0 Å². The zero-order valence-corrected chi connectivity index (χ0v) is 17.0. The van der Waals surface area contributed by atoms with Crippen LogP contribution in [0.2, 0.25) is 0 Å². The Morgan fingerprint density at radius 3 is 2.47 bits per heavy atom. The molecule has 4 rings (SSSR count). The number of amides is 1. The standard InChI is InChI=1S/C23H24N4O3/c1-29-19-9-6-10-20(30-2)21(19)22(28)27-14-12-17(15-27)25-23-24-13-11-18(26-23)16-7-4-3-5-8-16/h3-11,13,17H,12,14-15H2,1-2H3,(H,24,25,26).